The zero-order chi connectivity index (χ0) is 11.0. The SMILES string of the molecule is CCCC1CCCN1C(C)C.CSO. The van der Waals surface area contributed by atoms with Crippen molar-refractivity contribution < 1.29 is 4.55 Å². The topological polar surface area (TPSA) is 23.5 Å². The van der Waals surface area contributed by atoms with Crippen LogP contribution in [0.1, 0.15) is 46.5 Å². The number of hydrogen-bond acceptors (Lipinski definition) is 3. The molecule has 0 bridgehead atoms. The summed E-state index contributed by atoms with van der Waals surface area (Å²) in [7, 11) is 0. The maximum atomic E-state index is 7.49. The molecule has 1 fully saturated rings. The molecule has 1 saturated heterocycles. The highest BCUT2D eigenvalue weighted by Gasteiger charge is 2.24. The van der Waals surface area contributed by atoms with Gasteiger partial charge >= 0.3 is 0 Å². The molecule has 1 aliphatic rings. The van der Waals surface area contributed by atoms with Crippen LogP contribution in [0.4, 0.5) is 0 Å². The van der Waals surface area contributed by atoms with Gasteiger partial charge in [0.05, 0.1) is 0 Å². The lowest BCUT2D eigenvalue weighted by molar-refractivity contribution is 0.194. The van der Waals surface area contributed by atoms with Crippen LogP contribution in [-0.2, 0) is 0 Å². The summed E-state index contributed by atoms with van der Waals surface area (Å²) in [4.78, 5) is 2.66. The fraction of sp³-hybridized carbons (Fsp3) is 1.00. The Hall–Kier alpha value is 0.270. The summed E-state index contributed by atoms with van der Waals surface area (Å²) in [6, 6.07) is 1.66. The molecule has 0 saturated carbocycles. The Bertz CT molecular complexity index is 130. The third-order valence-corrected chi connectivity index (χ3v) is 2.71. The van der Waals surface area contributed by atoms with Gasteiger partial charge in [-0.05, 0) is 51.7 Å². The summed E-state index contributed by atoms with van der Waals surface area (Å²) in [5.41, 5.74) is 0. The molecule has 0 spiro atoms. The second-order valence-corrected chi connectivity index (χ2v) is 4.46. The zero-order valence-electron chi connectivity index (χ0n) is 9.99. The molecule has 1 heterocycles. The molecule has 0 aromatic heterocycles. The molecule has 14 heavy (non-hydrogen) atoms. The molecule has 0 aromatic carbocycles. The number of hydrogen-bond donors (Lipinski definition) is 1. The smallest absolute Gasteiger partial charge is 0.00983 e. The number of likely N-dealkylation sites (tertiary alicyclic amines) is 1. The summed E-state index contributed by atoms with van der Waals surface area (Å²) in [5.74, 6) is 0. The summed E-state index contributed by atoms with van der Waals surface area (Å²) in [5, 5.41) is 0. The van der Waals surface area contributed by atoms with Crippen molar-refractivity contribution >= 4 is 12.0 Å². The molecule has 3 heteroatoms. The molecule has 0 aromatic rings. The average molecular weight is 219 g/mol. The highest BCUT2D eigenvalue weighted by atomic mass is 32.2. The van der Waals surface area contributed by atoms with E-state index in [4.69, 9.17) is 4.55 Å². The van der Waals surface area contributed by atoms with Gasteiger partial charge in [0.1, 0.15) is 0 Å². The molecular formula is C11H25NOS. The van der Waals surface area contributed by atoms with Gasteiger partial charge in [0, 0.05) is 18.3 Å². The van der Waals surface area contributed by atoms with Gasteiger partial charge in [-0.25, -0.2) is 0 Å². The van der Waals surface area contributed by atoms with Gasteiger partial charge in [0.2, 0.25) is 0 Å². The summed E-state index contributed by atoms with van der Waals surface area (Å²) >= 11 is 0.750. The molecule has 1 atom stereocenters. The Morgan fingerprint density at radius 1 is 1.50 bits per heavy atom. The van der Waals surface area contributed by atoms with Crippen molar-refractivity contribution in [3.05, 3.63) is 0 Å². The van der Waals surface area contributed by atoms with Crippen LogP contribution in [0.25, 0.3) is 0 Å². The minimum atomic E-state index is 0.750. The Morgan fingerprint density at radius 3 is 2.50 bits per heavy atom. The van der Waals surface area contributed by atoms with Crippen LogP contribution in [-0.4, -0.2) is 34.3 Å². The molecule has 86 valence electrons. The molecule has 0 amide bonds. The lowest BCUT2D eigenvalue weighted by Gasteiger charge is -2.27. The van der Waals surface area contributed by atoms with Crippen LogP contribution in [0.15, 0.2) is 0 Å². The maximum Gasteiger partial charge on any atom is 0.00983 e. The molecule has 1 unspecified atom stereocenters. The van der Waals surface area contributed by atoms with Crippen molar-refractivity contribution in [3.8, 4) is 0 Å². The second-order valence-electron chi connectivity index (χ2n) is 4.10. The lowest BCUT2D eigenvalue weighted by Crippen LogP contribution is -2.35. The average Bonchev–Trinajstić information content (AvgIpc) is 2.54. The Morgan fingerprint density at radius 2 is 2.07 bits per heavy atom. The van der Waals surface area contributed by atoms with Crippen LogP contribution < -0.4 is 0 Å². The van der Waals surface area contributed by atoms with E-state index in [1.165, 1.54) is 32.2 Å². The third kappa shape index (κ3) is 5.23. The molecule has 2 nitrogen and oxygen atoms in total. The highest BCUT2D eigenvalue weighted by Crippen LogP contribution is 2.23. The van der Waals surface area contributed by atoms with Gasteiger partial charge in [-0.2, -0.15) is 0 Å². The maximum absolute atomic E-state index is 7.49. The lowest BCUT2D eigenvalue weighted by atomic mass is 10.1. The van der Waals surface area contributed by atoms with Crippen molar-refractivity contribution in [1.29, 1.82) is 0 Å². The molecule has 1 rings (SSSR count). The molecular weight excluding hydrogens is 194 g/mol. The van der Waals surface area contributed by atoms with E-state index >= 15 is 0 Å². The minimum Gasteiger partial charge on any atom is -0.330 e. The van der Waals surface area contributed by atoms with Gasteiger partial charge in [0.15, 0.2) is 0 Å². The van der Waals surface area contributed by atoms with E-state index in [2.05, 4.69) is 25.7 Å². The summed E-state index contributed by atoms with van der Waals surface area (Å²) in [6.07, 6.45) is 7.20. The van der Waals surface area contributed by atoms with Gasteiger partial charge in [-0.1, -0.05) is 13.3 Å². The first-order valence-electron chi connectivity index (χ1n) is 5.60. The van der Waals surface area contributed by atoms with Crippen LogP contribution in [0, 0.1) is 0 Å². The van der Waals surface area contributed by atoms with Gasteiger partial charge in [0.25, 0.3) is 0 Å². The second kappa shape index (κ2) is 8.57. The van der Waals surface area contributed by atoms with E-state index < -0.39 is 0 Å². The predicted molar refractivity (Wildman–Crippen MR) is 65.9 cm³/mol. The number of nitrogens with zero attached hydrogens (tertiary/aromatic N) is 1. The van der Waals surface area contributed by atoms with Crippen LogP contribution in [0.5, 0.6) is 0 Å². The van der Waals surface area contributed by atoms with Crippen LogP contribution in [0.3, 0.4) is 0 Å². The van der Waals surface area contributed by atoms with E-state index in [1.807, 2.05) is 0 Å². The van der Waals surface area contributed by atoms with Crippen molar-refractivity contribution in [2.24, 2.45) is 0 Å². The standard InChI is InChI=1S/C10H21N.CH4OS/c1-4-6-10-7-5-8-11(10)9(2)3;1-3-2/h9-10H,4-8H2,1-3H3;2H,1H3. The monoisotopic (exact) mass is 219 g/mol. The van der Waals surface area contributed by atoms with Crippen LogP contribution >= 0.6 is 12.0 Å². The Kier molecular flexibility index (Phi) is 8.73. The largest absolute Gasteiger partial charge is 0.330 e. The Balaban J connectivity index is 0.000000500. The van der Waals surface area contributed by atoms with Gasteiger partial charge in [-0.3, -0.25) is 4.90 Å². The number of rotatable bonds is 3. The molecule has 0 radical (unpaired) electrons. The highest BCUT2D eigenvalue weighted by molar-refractivity contribution is 7.93. The zero-order valence-corrected chi connectivity index (χ0v) is 10.8. The van der Waals surface area contributed by atoms with E-state index in [1.54, 1.807) is 6.26 Å². The van der Waals surface area contributed by atoms with E-state index in [0.717, 1.165) is 24.1 Å². The summed E-state index contributed by atoms with van der Waals surface area (Å²) in [6.45, 7) is 8.25. The van der Waals surface area contributed by atoms with Crippen molar-refractivity contribution in [2.45, 2.75) is 58.5 Å². The Labute approximate surface area is 93.3 Å². The minimum absolute atomic E-state index is 0.750. The quantitative estimate of drug-likeness (QED) is 0.735. The fourth-order valence-electron chi connectivity index (χ4n) is 2.18. The van der Waals surface area contributed by atoms with E-state index in [-0.39, 0.29) is 0 Å². The molecule has 1 aliphatic heterocycles. The van der Waals surface area contributed by atoms with E-state index in [0.29, 0.717) is 0 Å². The summed E-state index contributed by atoms with van der Waals surface area (Å²) < 4.78 is 7.49. The first kappa shape index (κ1) is 14.3. The van der Waals surface area contributed by atoms with Crippen molar-refractivity contribution in [1.82, 2.24) is 4.90 Å². The molecule has 1 N–H and O–H groups in total. The van der Waals surface area contributed by atoms with Gasteiger partial charge in [-0.15, -0.1) is 0 Å². The molecule has 0 aliphatic carbocycles. The van der Waals surface area contributed by atoms with Crippen LogP contribution in [0.2, 0.25) is 0 Å². The van der Waals surface area contributed by atoms with Crippen molar-refractivity contribution in [2.75, 3.05) is 12.8 Å². The van der Waals surface area contributed by atoms with E-state index in [9.17, 15) is 0 Å². The van der Waals surface area contributed by atoms with Gasteiger partial charge < -0.3 is 4.55 Å². The van der Waals surface area contributed by atoms with Crippen molar-refractivity contribution in [3.63, 3.8) is 0 Å². The fourth-order valence-corrected chi connectivity index (χ4v) is 2.18. The predicted octanol–water partition coefficient (Wildman–Crippen LogP) is 3.48. The first-order chi connectivity index (χ1) is 6.67. The normalized spacial score (nSPS) is 22.3. The third-order valence-electron chi connectivity index (χ3n) is 2.71. The first-order valence-corrected chi connectivity index (χ1v) is 6.78.